The normalized spacial score (nSPS) is 20.1. The summed E-state index contributed by atoms with van der Waals surface area (Å²) in [7, 11) is 0. The number of aliphatic hydroxyl groups excluding tert-OH is 1. The van der Waals surface area contributed by atoms with Crippen LogP contribution in [-0.2, 0) is 11.3 Å². The van der Waals surface area contributed by atoms with Crippen LogP contribution in [0.2, 0.25) is 0 Å². The Labute approximate surface area is 97.2 Å². The van der Waals surface area contributed by atoms with Crippen molar-refractivity contribution >= 4 is 0 Å². The van der Waals surface area contributed by atoms with Crippen molar-refractivity contribution in [2.24, 2.45) is 0 Å². The SMILES string of the molecule is CC.Cc1nn(C2CCCCO2)cc1CO. The van der Waals surface area contributed by atoms with Crippen LogP contribution in [-0.4, -0.2) is 21.5 Å². The topological polar surface area (TPSA) is 47.3 Å². The van der Waals surface area contributed by atoms with Gasteiger partial charge >= 0.3 is 0 Å². The van der Waals surface area contributed by atoms with E-state index in [0.717, 1.165) is 30.7 Å². The molecule has 2 rings (SSSR count). The monoisotopic (exact) mass is 226 g/mol. The molecule has 0 aliphatic carbocycles. The Bertz CT molecular complexity index is 304. The summed E-state index contributed by atoms with van der Waals surface area (Å²) < 4.78 is 7.43. The van der Waals surface area contributed by atoms with Crippen LogP contribution < -0.4 is 0 Å². The molecule has 0 saturated carbocycles. The van der Waals surface area contributed by atoms with Gasteiger partial charge in [-0.25, -0.2) is 4.68 Å². The summed E-state index contributed by atoms with van der Waals surface area (Å²) in [5, 5.41) is 13.4. The maximum atomic E-state index is 9.04. The number of aliphatic hydroxyl groups is 1. The number of hydrogen-bond donors (Lipinski definition) is 1. The largest absolute Gasteiger partial charge is 0.392 e. The van der Waals surface area contributed by atoms with Gasteiger partial charge in [-0.15, -0.1) is 0 Å². The van der Waals surface area contributed by atoms with Crippen molar-refractivity contribution in [3.63, 3.8) is 0 Å². The molecule has 16 heavy (non-hydrogen) atoms. The average molecular weight is 226 g/mol. The second-order valence-electron chi connectivity index (χ2n) is 3.70. The molecular weight excluding hydrogens is 204 g/mol. The van der Waals surface area contributed by atoms with Crippen LogP contribution >= 0.6 is 0 Å². The van der Waals surface area contributed by atoms with E-state index in [4.69, 9.17) is 9.84 Å². The van der Waals surface area contributed by atoms with Gasteiger partial charge in [0, 0.05) is 18.4 Å². The van der Waals surface area contributed by atoms with E-state index in [1.165, 1.54) is 6.42 Å². The van der Waals surface area contributed by atoms with Crippen molar-refractivity contribution in [2.45, 2.75) is 52.9 Å². The van der Waals surface area contributed by atoms with Gasteiger partial charge in [0.1, 0.15) is 6.23 Å². The molecule has 1 aromatic heterocycles. The molecular formula is C12H22N2O2. The zero-order valence-electron chi connectivity index (χ0n) is 10.4. The molecule has 4 nitrogen and oxygen atoms in total. The Morgan fingerprint density at radius 3 is 2.75 bits per heavy atom. The highest BCUT2D eigenvalue weighted by atomic mass is 16.5. The second-order valence-corrected chi connectivity index (χ2v) is 3.70. The minimum atomic E-state index is 0.0541. The number of hydrogen-bond acceptors (Lipinski definition) is 3. The molecule has 1 aromatic rings. The van der Waals surface area contributed by atoms with Gasteiger partial charge in [-0.2, -0.15) is 5.10 Å². The van der Waals surface area contributed by atoms with Gasteiger partial charge in [-0.1, -0.05) is 13.8 Å². The third-order valence-electron chi connectivity index (χ3n) is 2.64. The average Bonchev–Trinajstić information content (AvgIpc) is 2.74. The molecule has 0 radical (unpaired) electrons. The fourth-order valence-electron chi connectivity index (χ4n) is 1.75. The summed E-state index contributed by atoms with van der Waals surface area (Å²) in [5.41, 5.74) is 1.78. The van der Waals surface area contributed by atoms with Crippen LogP contribution in [0.3, 0.4) is 0 Å². The summed E-state index contributed by atoms with van der Waals surface area (Å²) in [6.45, 7) is 6.78. The number of aromatic nitrogens is 2. The third-order valence-corrected chi connectivity index (χ3v) is 2.64. The maximum Gasteiger partial charge on any atom is 0.150 e. The van der Waals surface area contributed by atoms with Crippen molar-refractivity contribution in [2.75, 3.05) is 6.61 Å². The number of ether oxygens (including phenoxy) is 1. The predicted octanol–water partition coefficient (Wildman–Crippen LogP) is 2.41. The van der Waals surface area contributed by atoms with Crippen LogP contribution in [0, 0.1) is 6.92 Å². The summed E-state index contributed by atoms with van der Waals surface area (Å²) in [4.78, 5) is 0. The van der Waals surface area contributed by atoms with Crippen LogP contribution in [0.25, 0.3) is 0 Å². The van der Waals surface area contributed by atoms with Gasteiger partial charge in [0.25, 0.3) is 0 Å². The number of nitrogens with zero attached hydrogens (tertiary/aromatic N) is 2. The van der Waals surface area contributed by atoms with Gasteiger partial charge in [0.2, 0.25) is 0 Å². The summed E-state index contributed by atoms with van der Waals surface area (Å²) in [5.74, 6) is 0. The molecule has 4 heteroatoms. The van der Waals surface area contributed by atoms with Crippen molar-refractivity contribution in [3.8, 4) is 0 Å². The molecule has 0 spiro atoms. The first-order chi connectivity index (χ1) is 7.81. The van der Waals surface area contributed by atoms with Crippen LogP contribution in [0.15, 0.2) is 6.20 Å². The Balaban J connectivity index is 0.000000606. The maximum absolute atomic E-state index is 9.04. The number of aryl methyl sites for hydroxylation is 1. The van der Waals surface area contributed by atoms with Crippen molar-refractivity contribution in [1.29, 1.82) is 0 Å². The van der Waals surface area contributed by atoms with Crippen molar-refractivity contribution in [1.82, 2.24) is 9.78 Å². The molecule has 2 heterocycles. The minimum Gasteiger partial charge on any atom is -0.392 e. The summed E-state index contributed by atoms with van der Waals surface area (Å²) >= 11 is 0. The third kappa shape index (κ3) is 3.06. The molecule has 1 unspecified atom stereocenters. The van der Waals surface area contributed by atoms with Gasteiger partial charge < -0.3 is 9.84 Å². The van der Waals surface area contributed by atoms with Crippen molar-refractivity contribution < 1.29 is 9.84 Å². The van der Waals surface area contributed by atoms with Gasteiger partial charge in [-0.05, 0) is 26.2 Å². The first kappa shape index (κ1) is 13.2. The van der Waals surface area contributed by atoms with Gasteiger partial charge in [0.15, 0.2) is 0 Å². The van der Waals surface area contributed by atoms with E-state index >= 15 is 0 Å². The van der Waals surface area contributed by atoms with E-state index in [9.17, 15) is 0 Å². The van der Waals surface area contributed by atoms with Crippen molar-refractivity contribution in [3.05, 3.63) is 17.5 Å². The molecule has 1 aliphatic heterocycles. The zero-order valence-corrected chi connectivity index (χ0v) is 10.4. The molecule has 0 aromatic carbocycles. The van der Waals surface area contributed by atoms with Gasteiger partial charge in [-0.3, -0.25) is 0 Å². The number of rotatable bonds is 2. The fraction of sp³-hybridized carbons (Fsp3) is 0.750. The lowest BCUT2D eigenvalue weighted by Gasteiger charge is -2.22. The summed E-state index contributed by atoms with van der Waals surface area (Å²) in [6, 6.07) is 0. The Morgan fingerprint density at radius 1 is 1.50 bits per heavy atom. The van der Waals surface area contributed by atoms with E-state index in [2.05, 4.69) is 5.10 Å². The highest BCUT2D eigenvalue weighted by Gasteiger charge is 2.17. The van der Waals surface area contributed by atoms with Crippen LogP contribution in [0.4, 0.5) is 0 Å². The highest BCUT2D eigenvalue weighted by Crippen LogP contribution is 2.22. The smallest absolute Gasteiger partial charge is 0.150 e. The van der Waals surface area contributed by atoms with E-state index in [-0.39, 0.29) is 12.8 Å². The molecule has 1 atom stereocenters. The molecule has 1 saturated heterocycles. The quantitative estimate of drug-likeness (QED) is 0.842. The van der Waals surface area contributed by atoms with E-state index in [1.54, 1.807) is 0 Å². The van der Waals surface area contributed by atoms with Gasteiger partial charge in [0.05, 0.1) is 12.3 Å². The Hall–Kier alpha value is -0.870. The standard InChI is InChI=1S/C10H16N2O2.C2H6/c1-8-9(7-13)6-12(11-8)10-4-2-3-5-14-10;1-2/h6,10,13H,2-5,7H2,1H3;1-2H3. The first-order valence-electron chi connectivity index (χ1n) is 6.08. The second kappa shape index (κ2) is 6.66. The lowest BCUT2D eigenvalue weighted by Crippen LogP contribution is -2.18. The molecule has 1 N–H and O–H groups in total. The Kier molecular flexibility index (Phi) is 5.49. The lowest BCUT2D eigenvalue weighted by molar-refractivity contribution is -0.0396. The Morgan fingerprint density at radius 2 is 2.25 bits per heavy atom. The molecule has 0 bridgehead atoms. The molecule has 0 amide bonds. The summed E-state index contributed by atoms with van der Waals surface area (Å²) in [6.07, 6.45) is 5.31. The van der Waals surface area contributed by atoms with E-state index < -0.39 is 0 Å². The fourth-order valence-corrected chi connectivity index (χ4v) is 1.75. The lowest BCUT2D eigenvalue weighted by atomic mass is 10.2. The molecule has 1 aliphatic rings. The van der Waals surface area contributed by atoms with Crippen LogP contribution in [0.1, 0.15) is 50.6 Å². The first-order valence-corrected chi connectivity index (χ1v) is 6.08. The predicted molar refractivity (Wildman–Crippen MR) is 63.1 cm³/mol. The highest BCUT2D eigenvalue weighted by molar-refractivity contribution is 5.14. The van der Waals surface area contributed by atoms with E-state index in [1.807, 2.05) is 31.6 Å². The van der Waals surface area contributed by atoms with Crippen LogP contribution in [0.5, 0.6) is 0 Å². The minimum absolute atomic E-state index is 0.0541. The zero-order chi connectivity index (χ0) is 12.0. The molecule has 92 valence electrons. The molecule has 1 fully saturated rings. The van der Waals surface area contributed by atoms with E-state index in [0.29, 0.717) is 0 Å².